The number of hydrogen-bond acceptors (Lipinski definition) is 2. The number of carboxylic acid groups (broad SMARTS) is 2. The third-order valence-electron chi connectivity index (χ3n) is 12.5. The van der Waals surface area contributed by atoms with E-state index in [1.54, 1.807) is 193 Å². The van der Waals surface area contributed by atoms with Crippen LogP contribution in [0.15, 0.2) is 0 Å². The summed E-state index contributed by atoms with van der Waals surface area (Å²) in [6.45, 7) is 2.17. The Morgan fingerprint density at radius 3 is 0.553 bits per heavy atom. The Labute approximate surface area is 307 Å². The Hall–Kier alpha value is 0.462. The Balaban J connectivity index is 0.000000262. The molecule has 0 radical (unpaired) electrons. The summed E-state index contributed by atoms with van der Waals surface area (Å²) in [6.07, 6.45) is 47.6. The van der Waals surface area contributed by atoms with Crippen molar-refractivity contribution in [3.05, 3.63) is 0 Å². The van der Waals surface area contributed by atoms with Crippen LogP contribution in [0.25, 0.3) is 0 Å². The van der Waals surface area contributed by atoms with E-state index in [1.807, 2.05) is 0 Å². The van der Waals surface area contributed by atoms with E-state index in [-0.39, 0.29) is 36.3 Å². The van der Waals surface area contributed by atoms with Crippen LogP contribution in [0.3, 0.4) is 0 Å². The first-order valence-corrected chi connectivity index (χ1v) is 24.0. The normalized spacial score (nSPS) is 24.4. The molecular weight excluding hydrogens is 713 g/mol. The second-order valence-electron chi connectivity index (χ2n) is 16.0. The molecule has 0 spiro atoms. The van der Waals surface area contributed by atoms with Crippen molar-refractivity contribution in [2.24, 2.45) is 0 Å². The first-order chi connectivity index (χ1) is 22.4. The molecule has 2 N–H and O–H groups in total. The number of carboxylic acids is 2. The van der Waals surface area contributed by atoms with Gasteiger partial charge in [0.05, 0.1) is 34.0 Å². The summed E-state index contributed by atoms with van der Waals surface area (Å²) >= 11 is 0. The predicted octanol–water partition coefficient (Wildman–Crippen LogP) is 12.6. The van der Waals surface area contributed by atoms with Crippen LogP contribution in [0.5, 0.6) is 0 Å². The van der Waals surface area contributed by atoms with Crippen LogP contribution in [0.2, 0.25) is 0 Å². The average molecular weight is 789 g/mol. The van der Waals surface area contributed by atoms with E-state index in [4.69, 9.17) is 19.8 Å². The molecule has 0 bridgehead atoms. The van der Waals surface area contributed by atoms with Crippen LogP contribution >= 0.6 is 15.8 Å². The summed E-state index contributed by atoms with van der Waals surface area (Å²) in [5.74, 6) is -1.67. The van der Waals surface area contributed by atoms with Crippen LogP contribution in [-0.2, 0) is 30.0 Å². The fourth-order valence-corrected chi connectivity index (χ4v) is 21.1. The second-order valence-corrected chi connectivity index (χ2v) is 22.9. The number of aliphatic carboxylic acids is 2. The van der Waals surface area contributed by atoms with E-state index in [0.717, 1.165) is 13.8 Å². The van der Waals surface area contributed by atoms with Crippen LogP contribution in [0.4, 0.5) is 0 Å². The van der Waals surface area contributed by atoms with Gasteiger partial charge in [-0.05, 0) is 154 Å². The van der Waals surface area contributed by atoms with Crippen LogP contribution in [-0.4, -0.2) is 56.1 Å². The van der Waals surface area contributed by atoms with Gasteiger partial charge in [-0.25, -0.2) is 0 Å². The molecule has 7 heteroatoms. The minimum absolute atomic E-state index is 0. The number of carbonyl (C=O) groups is 2. The number of hydrogen-bond donors (Lipinski definition) is 2. The van der Waals surface area contributed by atoms with Crippen molar-refractivity contribution < 1.29 is 40.2 Å². The summed E-state index contributed by atoms with van der Waals surface area (Å²) in [5.41, 5.74) is 7.36. The van der Waals surface area contributed by atoms with Gasteiger partial charge in [-0.15, -0.1) is 0 Å². The SMILES string of the molecule is C1CCC([PH+](C2CCCCC2)C2CCCCC2)CC1.C1CCC([PH+](C2CCCCC2)C2CCCCC2)CC1.CC(=O)O.CC(=O)O.[Pd]. The minimum atomic E-state index is -0.833. The summed E-state index contributed by atoms with van der Waals surface area (Å²) in [6, 6.07) is 0. The third-order valence-corrected chi connectivity index (χ3v) is 21.6. The standard InChI is InChI=1S/2C18H33P.2C2H4O2.Pd/c2*1-4-10-16(11-5-1)19(17-12-6-2-7-13-17)18-14-8-3-9-15-18;2*1-2(3)4;/h2*16-18H,1-15H2;2*1H3,(H,3,4);/p+2. The van der Waals surface area contributed by atoms with Gasteiger partial charge in [0.2, 0.25) is 0 Å². The molecule has 6 aliphatic carbocycles. The molecule has 0 atom stereocenters. The van der Waals surface area contributed by atoms with Crippen molar-refractivity contribution in [2.75, 3.05) is 0 Å². The van der Waals surface area contributed by atoms with Crippen molar-refractivity contribution in [1.82, 2.24) is 0 Å². The summed E-state index contributed by atoms with van der Waals surface area (Å²) in [5, 5.41) is 14.8. The van der Waals surface area contributed by atoms with Crippen molar-refractivity contribution >= 4 is 27.8 Å². The Kier molecular flexibility index (Phi) is 24.4. The van der Waals surface area contributed by atoms with Gasteiger partial charge in [-0.3, -0.25) is 9.59 Å². The maximum absolute atomic E-state index is 9.00. The molecule has 6 fully saturated rings. The molecule has 0 aromatic rings. The first kappa shape index (κ1) is 43.6. The van der Waals surface area contributed by atoms with Gasteiger partial charge in [-0.2, -0.15) is 0 Å². The molecule has 0 aromatic carbocycles. The molecule has 4 nitrogen and oxygen atoms in total. The molecule has 0 aromatic heterocycles. The van der Waals surface area contributed by atoms with E-state index in [9.17, 15) is 0 Å². The molecule has 0 amide bonds. The van der Waals surface area contributed by atoms with Crippen molar-refractivity contribution in [3.63, 3.8) is 0 Å². The molecule has 0 aliphatic heterocycles. The third kappa shape index (κ3) is 17.5. The van der Waals surface area contributed by atoms with E-state index in [1.165, 1.54) is 34.0 Å². The van der Waals surface area contributed by atoms with Gasteiger partial charge < -0.3 is 10.2 Å². The molecular formula is C40H76O4P2Pd+2. The van der Waals surface area contributed by atoms with Gasteiger partial charge in [0.25, 0.3) is 11.9 Å². The Morgan fingerprint density at radius 1 is 0.340 bits per heavy atom. The molecule has 0 saturated heterocycles. The number of rotatable bonds is 6. The zero-order valence-electron chi connectivity index (χ0n) is 30.7. The van der Waals surface area contributed by atoms with E-state index in [0.29, 0.717) is 0 Å². The summed E-state index contributed by atoms with van der Waals surface area (Å²) < 4.78 is 0. The summed E-state index contributed by atoms with van der Waals surface area (Å²) in [7, 11) is -0.0930. The minimum Gasteiger partial charge on any atom is -0.481 e. The molecule has 0 heterocycles. The maximum Gasteiger partial charge on any atom is 0.300 e. The Bertz CT molecular complexity index is 632. The maximum atomic E-state index is 9.00. The quantitative estimate of drug-likeness (QED) is 0.208. The topological polar surface area (TPSA) is 74.6 Å². The monoisotopic (exact) mass is 788 g/mol. The molecule has 6 saturated carbocycles. The largest absolute Gasteiger partial charge is 0.481 e. The van der Waals surface area contributed by atoms with Crippen molar-refractivity contribution in [3.8, 4) is 0 Å². The fourth-order valence-electron chi connectivity index (χ4n) is 10.6. The molecule has 6 aliphatic rings. The Morgan fingerprint density at radius 2 is 0.447 bits per heavy atom. The van der Waals surface area contributed by atoms with Crippen molar-refractivity contribution in [1.29, 1.82) is 0 Å². The molecule has 278 valence electrons. The zero-order valence-corrected chi connectivity index (χ0v) is 34.3. The molecule has 0 unspecified atom stereocenters. The van der Waals surface area contributed by atoms with Gasteiger partial charge in [-0.1, -0.05) is 38.5 Å². The van der Waals surface area contributed by atoms with Crippen LogP contribution in [0, 0.1) is 0 Å². The van der Waals surface area contributed by atoms with E-state index < -0.39 is 11.9 Å². The van der Waals surface area contributed by atoms with Crippen molar-refractivity contribution in [2.45, 2.75) is 240 Å². The second kappa shape index (κ2) is 26.3. The predicted molar refractivity (Wildman–Crippen MR) is 204 cm³/mol. The fraction of sp³-hybridized carbons (Fsp3) is 0.950. The van der Waals surface area contributed by atoms with Crippen LogP contribution in [0.1, 0.15) is 206 Å². The molecule has 6 rings (SSSR count). The van der Waals surface area contributed by atoms with E-state index >= 15 is 0 Å². The van der Waals surface area contributed by atoms with Gasteiger partial charge in [0, 0.05) is 50.1 Å². The summed E-state index contributed by atoms with van der Waals surface area (Å²) in [4.78, 5) is 18.0. The average Bonchev–Trinajstić information content (AvgIpc) is 3.08. The zero-order chi connectivity index (χ0) is 33.0. The smallest absolute Gasteiger partial charge is 0.300 e. The van der Waals surface area contributed by atoms with Gasteiger partial charge >= 0.3 is 0 Å². The first-order valence-electron chi connectivity index (χ1n) is 20.5. The molecule has 47 heavy (non-hydrogen) atoms. The van der Waals surface area contributed by atoms with Gasteiger partial charge in [0.1, 0.15) is 0 Å². The van der Waals surface area contributed by atoms with Gasteiger partial charge in [0.15, 0.2) is 0 Å². The van der Waals surface area contributed by atoms with E-state index in [2.05, 4.69) is 0 Å². The van der Waals surface area contributed by atoms with Crippen LogP contribution < -0.4 is 0 Å².